The number of anilines is 1. The molecule has 0 atom stereocenters. The molecule has 0 aromatic carbocycles. The Morgan fingerprint density at radius 3 is 2.67 bits per heavy atom. The Morgan fingerprint density at radius 1 is 1.33 bits per heavy atom. The molecule has 0 aliphatic rings. The van der Waals surface area contributed by atoms with Crippen molar-refractivity contribution >= 4 is 40.1 Å². The third kappa shape index (κ3) is 4.00. The average Bonchev–Trinajstić information content (AvgIpc) is 3.41. The van der Waals surface area contributed by atoms with E-state index in [-0.39, 0.29) is 27.8 Å². The fraction of sp³-hybridized carbons (Fsp3) is 0.200. The van der Waals surface area contributed by atoms with Crippen molar-refractivity contribution in [2.45, 2.75) is 13.6 Å². The monoisotopic (exact) mass is 434 g/mol. The number of rotatable bonds is 7. The first kappa shape index (κ1) is 20.6. The van der Waals surface area contributed by atoms with E-state index < -0.39 is 28.7 Å². The molecule has 0 spiro atoms. The van der Waals surface area contributed by atoms with Crippen LogP contribution < -0.4 is 11.1 Å². The minimum absolute atomic E-state index is 0.00731. The number of methoxy groups -OCH3 is 1. The van der Waals surface area contributed by atoms with Gasteiger partial charge in [-0.2, -0.15) is 9.78 Å². The lowest BCUT2D eigenvalue weighted by Gasteiger charge is -2.04. The van der Waals surface area contributed by atoms with Crippen LogP contribution in [0, 0.1) is 17.0 Å². The van der Waals surface area contributed by atoms with Crippen LogP contribution in [0.5, 0.6) is 0 Å². The van der Waals surface area contributed by atoms with Crippen molar-refractivity contribution in [3.8, 4) is 0 Å². The molecule has 0 aliphatic carbocycles. The van der Waals surface area contributed by atoms with E-state index in [0.717, 1.165) is 17.7 Å². The summed E-state index contributed by atoms with van der Waals surface area (Å²) in [7, 11) is 1.17. The van der Waals surface area contributed by atoms with Crippen LogP contribution in [0.4, 0.5) is 10.9 Å². The quantitative estimate of drug-likeness (QED) is 0.301. The number of carbonyl (C=O) groups is 3. The van der Waals surface area contributed by atoms with Gasteiger partial charge in [-0.1, -0.05) is 4.98 Å². The number of nitrogens with one attached hydrogen (secondary N) is 1. The van der Waals surface area contributed by atoms with Gasteiger partial charge in [-0.15, -0.1) is 11.3 Å². The first-order valence-electron chi connectivity index (χ1n) is 8.11. The average molecular weight is 434 g/mol. The van der Waals surface area contributed by atoms with Crippen molar-refractivity contribution < 1.29 is 24.0 Å². The van der Waals surface area contributed by atoms with Crippen LogP contribution >= 0.6 is 11.3 Å². The zero-order chi connectivity index (χ0) is 22.0. The number of thiophene rings is 1. The highest BCUT2D eigenvalue weighted by Crippen LogP contribution is 2.33. The van der Waals surface area contributed by atoms with E-state index >= 15 is 0 Å². The van der Waals surface area contributed by atoms with Crippen molar-refractivity contribution in [1.82, 2.24) is 24.5 Å². The van der Waals surface area contributed by atoms with Crippen LogP contribution in [-0.2, 0) is 11.4 Å². The zero-order valence-corrected chi connectivity index (χ0v) is 16.4. The van der Waals surface area contributed by atoms with Crippen molar-refractivity contribution in [3.63, 3.8) is 0 Å². The maximum atomic E-state index is 12.6. The minimum atomic E-state index is -0.741. The smallest absolute Gasteiger partial charge is 0.465 e. The molecule has 3 heterocycles. The summed E-state index contributed by atoms with van der Waals surface area (Å²) in [6.45, 7) is 1.50. The SMILES string of the molecule is COC(=O)c1c(NC(=O)c2ccn(Cn3cnc([N+](=O)[O-])n3)n2)sc(C(N)=O)c1C. The van der Waals surface area contributed by atoms with E-state index in [1.165, 1.54) is 35.7 Å². The van der Waals surface area contributed by atoms with Gasteiger partial charge >= 0.3 is 11.9 Å². The highest BCUT2D eigenvalue weighted by molar-refractivity contribution is 7.18. The molecule has 0 saturated heterocycles. The van der Waals surface area contributed by atoms with E-state index in [9.17, 15) is 24.5 Å². The van der Waals surface area contributed by atoms with Gasteiger partial charge in [0.2, 0.25) is 6.33 Å². The third-order valence-corrected chi connectivity index (χ3v) is 5.06. The van der Waals surface area contributed by atoms with Crippen LogP contribution in [0.1, 0.15) is 36.1 Å². The summed E-state index contributed by atoms with van der Waals surface area (Å²) in [6.07, 6.45) is 2.61. The number of esters is 1. The molecular formula is C15H14N8O6S. The maximum absolute atomic E-state index is 12.6. The van der Waals surface area contributed by atoms with Gasteiger partial charge in [0, 0.05) is 11.3 Å². The molecule has 3 aromatic heterocycles. The topological polar surface area (TPSA) is 190 Å². The summed E-state index contributed by atoms with van der Waals surface area (Å²) < 4.78 is 7.19. The molecule has 3 rings (SSSR count). The molecule has 14 nitrogen and oxygen atoms in total. The van der Waals surface area contributed by atoms with E-state index in [2.05, 4.69) is 20.5 Å². The molecular weight excluding hydrogens is 420 g/mol. The van der Waals surface area contributed by atoms with Gasteiger partial charge in [0.1, 0.15) is 5.00 Å². The van der Waals surface area contributed by atoms with Gasteiger partial charge in [-0.25, -0.2) is 9.48 Å². The molecule has 156 valence electrons. The van der Waals surface area contributed by atoms with Crippen LogP contribution in [-0.4, -0.2) is 54.4 Å². The van der Waals surface area contributed by atoms with E-state index in [0.29, 0.717) is 5.56 Å². The van der Waals surface area contributed by atoms with E-state index in [1.807, 2.05) is 0 Å². The fourth-order valence-electron chi connectivity index (χ4n) is 2.50. The Labute approximate surface area is 171 Å². The molecule has 3 N–H and O–H groups in total. The summed E-state index contributed by atoms with van der Waals surface area (Å²) in [6, 6.07) is 1.40. The molecule has 0 saturated carbocycles. The molecule has 0 bridgehead atoms. The molecule has 2 amide bonds. The van der Waals surface area contributed by atoms with Gasteiger partial charge in [0.25, 0.3) is 11.8 Å². The number of hydrogen-bond acceptors (Lipinski definition) is 10. The number of nitrogens with zero attached hydrogens (tertiary/aromatic N) is 6. The molecule has 30 heavy (non-hydrogen) atoms. The van der Waals surface area contributed by atoms with Crippen LogP contribution in [0.3, 0.4) is 0 Å². The number of ether oxygens (including phenoxy) is 1. The van der Waals surface area contributed by atoms with Gasteiger partial charge < -0.3 is 25.9 Å². The van der Waals surface area contributed by atoms with Gasteiger partial charge in [-0.05, 0) is 23.5 Å². The first-order valence-corrected chi connectivity index (χ1v) is 8.93. The summed E-state index contributed by atoms with van der Waals surface area (Å²) >= 11 is 0.848. The highest BCUT2D eigenvalue weighted by atomic mass is 32.1. The Bertz CT molecular complexity index is 1160. The van der Waals surface area contributed by atoms with Crippen LogP contribution in [0.25, 0.3) is 0 Å². The number of hydrogen-bond donors (Lipinski definition) is 2. The summed E-state index contributed by atoms with van der Waals surface area (Å²) in [5.41, 5.74) is 5.63. The van der Waals surface area contributed by atoms with Crippen molar-refractivity contribution in [2.75, 3.05) is 12.4 Å². The number of nitro groups is 1. The number of aromatic nitrogens is 5. The Kier molecular flexibility index (Phi) is 5.54. The lowest BCUT2D eigenvalue weighted by atomic mass is 10.1. The second kappa shape index (κ2) is 8.08. The lowest BCUT2D eigenvalue weighted by Crippen LogP contribution is -2.16. The lowest BCUT2D eigenvalue weighted by molar-refractivity contribution is -0.394. The highest BCUT2D eigenvalue weighted by Gasteiger charge is 2.26. The summed E-state index contributed by atoms with van der Waals surface area (Å²) in [5, 5.41) is 21.0. The largest absolute Gasteiger partial charge is 0.491 e. The minimum Gasteiger partial charge on any atom is -0.465 e. The third-order valence-electron chi connectivity index (χ3n) is 3.84. The van der Waals surface area contributed by atoms with Crippen LogP contribution in [0.15, 0.2) is 18.6 Å². The first-order chi connectivity index (χ1) is 14.2. The van der Waals surface area contributed by atoms with E-state index in [1.54, 1.807) is 0 Å². The van der Waals surface area contributed by atoms with Crippen molar-refractivity contribution in [1.29, 1.82) is 0 Å². The fourth-order valence-corrected chi connectivity index (χ4v) is 3.54. The Morgan fingerprint density at radius 2 is 2.07 bits per heavy atom. The molecule has 0 aliphatic heterocycles. The number of carbonyl (C=O) groups excluding carboxylic acids is 3. The van der Waals surface area contributed by atoms with Crippen molar-refractivity contribution in [2.24, 2.45) is 5.73 Å². The molecule has 3 aromatic rings. The number of primary amides is 1. The maximum Gasteiger partial charge on any atom is 0.491 e. The van der Waals surface area contributed by atoms with Gasteiger partial charge in [0.15, 0.2) is 12.4 Å². The predicted octanol–water partition coefficient (Wildman–Crippen LogP) is 0.396. The second-order valence-corrected chi connectivity index (χ2v) is 6.81. The molecule has 0 radical (unpaired) electrons. The predicted molar refractivity (Wildman–Crippen MR) is 101 cm³/mol. The van der Waals surface area contributed by atoms with Crippen LogP contribution in [0.2, 0.25) is 0 Å². The van der Waals surface area contributed by atoms with Gasteiger partial charge in [-0.3, -0.25) is 9.59 Å². The van der Waals surface area contributed by atoms with E-state index in [4.69, 9.17) is 10.5 Å². The number of nitrogens with two attached hydrogens (primary N) is 1. The standard InChI is InChI=1S/C15H14N8O6S/c1-7-9(14(26)29-2)13(30-10(7)11(16)24)18-12(25)8-3-4-21(19-8)6-22-5-17-15(20-22)23(27)28/h3-5H,6H2,1-2H3,(H2,16,24)(H,18,25). The normalized spacial score (nSPS) is 10.6. The molecule has 0 unspecified atom stereocenters. The van der Waals surface area contributed by atoms with Crippen molar-refractivity contribution in [3.05, 3.63) is 50.4 Å². The number of amides is 2. The molecule has 15 heteroatoms. The Hall–Kier alpha value is -4.14. The summed E-state index contributed by atoms with van der Waals surface area (Å²) in [4.78, 5) is 49.7. The Balaban J connectivity index is 1.80. The summed E-state index contributed by atoms with van der Waals surface area (Å²) in [5.74, 6) is -2.69. The zero-order valence-electron chi connectivity index (χ0n) is 15.6. The molecule has 0 fully saturated rings. The second-order valence-electron chi connectivity index (χ2n) is 5.79. The van der Waals surface area contributed by atoms with Gasteiger partial charge in [0.05, 0.1) is 17.6 Å².